The van der Waals surface area contributed by atoms with Crippen molar-refractivity contribution in [2.24, 2.45) is 0 Å². The van der Waals surface area contributed by atoms with Crippen LogP contribution in [0.5, 0.6) is 0 Å². The number of hydrogen-bond acceptors (Lipinski definition) is 6. The molecule has 0 rings (SSSR count). The van der Waals surface area contributed by atoms with Crippen LogP contribution in [0.15, 0.2) is 0 Å². The van der Waals surface area contributed by atoms with E-state index in [9.17, 15) is 4.79 Å². The minimum atomic E-state index is -0.854. The molecule has 0 spiro atoms. The third-order valence-corrected chi connectivity index (χ3v) is 2.81. The number of carboxylic acids is 1. The van der Waals surface area contributed by atoms with Crippen molar-refractivity contribution in [1.29, 1.82) is 0 Å². The molecule has 0 aromatic heterocycles. The van der Waals surface area contributed by atoms with Gasteiger partial charge in [-0.15, -0.1) is 0 Å². The smallest absolute Gasteiger partial charge is 0.305 e. The Hall–Kier alpha value is -0.000000000000000222. The number of alkyl halides is 1. The second kappa shape index (κ2) is 18.1. The Morgan fingerprint density at radius 2 is 1.29 bits per heavy atom. The highest BCUT2D eigenvalue weighted by atomic mass is 127. The highest BCUT2D eigenvalue weighted by Crippen LogP contribution is 1.85. The summed E-state index contributed by atoms with van der Waals surface area (Å²) < 4.78 is 22.1. The van der Waals surface area contributed by atoms with Crippen LogP contribution < -0.4 is 5.32 Å². The maximum Gasteiger partial charge on any atom is 0.305 e. The second-order valence-corrected chi connectivity index (χ2v) is 5.11. The van der Waals surface area contributed by atoms with Gasteiger partial charge in [-0.05, 0) is 0 Å². The largest absolute Gasteiger partial charge is 0.481 e. The van der Waals surface area contributed by atoms with Crippen LogP contribution in [0.25, 0.3) is 0 Å². The first-order valence-corrected chi connectivity index (χ1v) is 8.59. The summed E-state index contributed by atoms with van der Waals surface area (Å²) in [6.07, 6.45) is 0.0245. The predicted octanol–water partition coefficient (Wildman–Crippen LogP) is 0.552. The van der Waals surface area contributed by atoms with Gasteiger partial charge in [0, 0.05) is 17.5 Å². The number of halogens is 1. The Morgan fingerprint density at radius 1 is 0.810 bits per heavy atom. The fourth-order valence-electron chi connectivity index (χ4n) is 1.26. The Bertz CT molecular complexity index is 233. The third kappa shape index (κ3) is 20.0. The van der Waals surface area contributed by atoms with E-state index in [-0.39, 0.29) is 13.0 Å². The van der Waals surface area contributed by atoms with Crippen LogP contribution in [0, 0.1) is 0 Å². The molecule has 0 heterocycles. The normalized spacial score (nSPS) is 10.9. The van der Waals surface area contributed by atoms with Gasteiger partial charge in [0.15, 0.2) is 0 Å². The van der Waals surface area contributed by atoms with Crippen molar-refractivity contribution in [3.8, 4) is 0 Å². The van der Waals surface area contributed by atoms with E-state index in [1.807, 2.05) is 0 Å². The summed E-state index contributed by atoms with van der Waals surface area (Å²) in [5, 5.41) is 11.6. The predicted molar refractivity (Wildman–Crippen MR) is 87.3 cm³/mol. The zero-order valence-electron chi connectivity index (χ0n) is 12.4. The van der Waals surface area contributed by atoms with E-state index in [2.05, 4.69) is 27.9 Å². The third-order valence-electron chi connectivity index (χ3n) is 2.27. The van der Waals surface area contributed by atoms with Crippen molar-refractivity contribution < 1.29 is 28.8 Å². The standard InChI is InChI=1S/C13H26INO6/c14-2-3-15-4-6-19-8-10-21-12-11-20-9-7-18-5-1-13(16)17/h15H,1-12H2,(H,16,17). The average molecular weight is 419 g/mol. The number of rotatable bonds is 17. The highest BCUT2D eigenvalue weighted by Gasteiger charge is 1.96. The molecule has 0 atom stereocenters. The monoisotopic (exact) mass is 419 g/mol. The van der Waals surface area contributed by atoms with Crippen molar-refractivity contribution in [1.82, 2.24) is 5.32 Å². The second-order valence-electron chi connectivity index (χ2n) is 4.03. The summed E-state index contributed by atoms with van der Waals surface area (Å²) in [4.78, 5) is 10.2. The van der Waals surface area contributed by atoms with Gasteiger partial charge in [0.25, 0.3) is 0 Å². The number of hydrogen-bond donors (Lipinski definition) is 2. The van der Waals surface area contributed by atoms with Gasteiger partial charge >= 0.3 is 5.97 Å². The minimum absolute atomic E-state index is 0.0245. The lowest BCUT2D eigenvalue weighted by molar-refractivity contribution is -0.138. The Balaban J connectivity index is 2.95. The molecule has 7 nitrogen and oxygen atoms in total. The molecule has 0 unspecified atom stereocenters. The molecule has 2 N–H and O–H groups in total. The van der Waals surface area contributed by atoms with Crippen LogP contribution in [0.3, 0.4) is 0 Å². The van der Waals surface area contributed by atoms with Crippen LogP contribution in [-0.2, 0) is 23.7 Å². The molecule has 21 heavy (non-hydrogen) atoms. The summed E-state index contributed by atoms with van der Waals surface area (Å²) in [5.41, 5.74) is 0. The van der Waals surface area contributed by atoms with Gasteiger partial charge < -0.3 is 29.4 Å². The van der Waals surface area contributed by atoms with Crippen molar-refractivity contribution in [3.63, 3.8) is 0 Å². The van der Waals surface area contributed by atoms with Gasteiger partial charge in [0.1, 0.15) is 0 Å². The maximum absolute atomic E-state index is 10.2. The topological polar surface area (TPSA) is 86.3 Å². The summed E-state index contributed by atoms with van der Waals surface area (Å²) in [5.74, 6) is -0.854. The van der Waals surface area contributed by atoms with E-state index in [0.717, 1.165) is 17.5 Å². The van der Waals surface area contributed by atoms with Gasteiger partial charge in [0.05, 0.1) is 59.3 Å². The average Bonchev–Trinajstić information content (AvgIpc) is 2.46. The molecule has 0 fully saturated rings. The molecule has 0 amide bonds. The fraction of sp³-hybridized carbons (Fsp3) is 0.923. The lowest BCUT2D eigenvalue weighted by Gasteiger charge is -2.07. The summed E-state index contributed by atoms with van der Waals surface area (Å²) in [7, 11) is 0. The first-order chi connectivity index (χ1) is 10.3. The lowest BCUT2D eigenvalue weighted by atomic mass is 10.5. The van der Waals surface area contributed by atoms with Crippen LogP contribution in [0.1, 0.15) is 6.42 Å². The fourth-order valence-corrected chi connectivity index (χ4v) is 1.64. The summed E-state index contributed by atoms with van der Waals surface area (Å²) in [6.45, 7) is 5.82. The molecule has 0 aliphatic rings. The quantitative estimate of drug-likeness (QED) is 0.202. The number of nitrogens with one attached hydrogen (secondary N) is 1. The van der Waals surface area contributed by atoms with Gasteiger partial charge in [0.2, 0.25) is 0 Å². The van der Waals surface area contributed by atoms with Crippen LogP contribution >= 0.6 is 22.6 Å². The van der Waals surface area contributed by atoms with E-state index in [0.29, 0.717) is 46.2 Å². The van der Waals surface area contributed by atoms with Crippen molar-refractivity contribution >= 4 is 28.6 Å². The number of aliphatic carboxylic acids is 1. The molecule has 126 valence electrons. The van der Waals surface area contributed by atoms with E-state index in [1.54, 1.807) is 0 Å². The van der Waals surface area contributed by atoms with Crippen molar-refractivity contribution in [3.05, 3.63) is 0 Å². The van der Waals surface area contributed by atoms with E-state index in [4.69, 9.17) is 24.1 Å². The van der Waals surface area contributed by atoms with E-state index in [1.165, 1.54) is 0 Å². The van der Waals surface area contributed by atoms with E-state index < -0.39 is 5.97 Å². The molecular formula is C13H26INO6. The molecule has 8 heteroatoms. The zero-order valence-corrected chi connectivity index (χ0v) is 14.5. The number of ether oxygens (including phenoxy) is 4. The molecule has 0 saturated carbocycles. The molecule has 0 aliphatic heterocycles. The van der Waals surface area contributed by atoms with Crippen LogP contribution in [0.2, 0.25) is 0 Å². The SMILES string of the molecule is O=C(O)CCOCCOCCOCCOCCNCCI. The number of carbonyl (C=O) groups is 1. The van der Waals surface area contributed by atoms with E-state index >= 15 is 0 Å². The Labute approximate surface area is 139 Å². The highest BCUT2D eigenvalue weighted by molar-refractivity contribution is 14.1. The molecule has 0 radical (unpaired) electrons. The lowest BCUT2D eigenvalue weighted by Crippen LogP contribution is -2.22. The Morgan fingerprint density at radius 3 is 1.76 bits per heavy atom. The van der Waals surface area contributed by atoms with Gasteiger partial charge in [-0.2, -0.15) is 0 Å². The molecule has 0 aliphatic carbocycles. The number of carboxylic acid groups (broad SMARTS) is 1. The van der Waals surface area contributed by atoms with Crippen LogP contribution in [-0.4, -0.2) is 81.4 Å². The van der Waals surface area contributed by atoms with Gasteiger partial charge in [-0.25, -0.2) is 0 Å². The maximum atomic E-state index is 10.2. The van der Waals surface area contributed by atoms with Crippen LogP contribution in [0.4, 0.5) is 0 Å². The minimum Gasteiger partial charge on any atom is -0.481 e. The first-order valence-electron chi connectivity index (χ1n) is 7.07. The van der Waals surface area contributed by atoms with Crippen molar-refractivity contribution in [2.45, 2.75) is 6.42 Å². The van der Waals surface area contributed by atoms with Crippen molar-refractivity contribution in [2.75, 3.05) is 70.4 Å². The van der Waals surface area contributed by atoms with Gasteiger partial charge in [-0.1, -0.05) is 22.6 Å². The molecule has 0 aromatic carbocycles. The first kappa shape index (κ1) is 21.0. The molecule has 0 aromatic rings. The summed E-state index contributed by atoms with van der Waals surface area (Å²) in [6, 6.07) is 0. The van der Waals surface area contributed by atoms with Gasteiger partial charge in [-0.3, -0.25) is 4.79 Å². The molecular weight excluding hydrogens is 393 g/mol. The molecule has 0 bridgehead atoms. The summed E-state index contributed by atoms with van der Waals surface area (Å²) >= 11 is 2.32. The zero-order chi connectivity index (χ0) is 15.6. The Kier molecular flexibility index (Phi) is 18.1. The molecule has 0 saturated heterocycles.